The van der Waals surface area contributed by atoms with Gasteiger partial charge in [0.05, 0.1) is 13.2 Å². The highest BCUT2D eigenvalue weighted by atomic mass is 32.2. The van der Waals surface area contributed by atoms with Crippen LogP contribution < -0.4 is 15.2 Å². The lowest BCUT2D eigenvalue weighted by Crippen LogP contribution is -2.40. The summed E-state index contributed by atoms with van der Waals surface area (Å²) in [4.78, 5) is 0.0537. The minimum absolute atomic E-state index is 0.0537. The van der Waals surface area contributed by atoms with Gasteiger partial charge in [-0.05, 0) is 44.4 Å². The monoisotopic (exact) mass is 314 g/mol. The number of anilines is 1. The Bertz CT molecular complexity index is 610. The van der Waals surface area contributed by atoms with Gasteiger partial charge >= 0.3 is 0 Å². The van der Waals surface area contributed by atoms with Crippen LogP contribution >= 0.6 is 0 Å². The Kier molecular flexibility index (Phi) is 4.75. The summed E-state index contributed by atoms with van der Waals surface area (Å²) in [5, 5.41) is 0. The van der Waals surface area contributed by atoms with E-state index in [1.807, 2.05) is 0 Å². The van der Waals surface area contributed by atoms with Crippen molar-refractivity contribution >= 4 is 15.7 Å². The zero-order valence-electron chi connectivity index (χ0n) is 12.5. The molecular formula is C14H22N2O4S. The van der Waals surface area contributed by atoms with Crippen LogP contribution in [-0.2, 0) is 14.8 Å². The van der Waals surface area contributed by atoms with Crippen LogP contribution in [0.4, 0.5) is 5.69 Å². The fourth-order valence-corrected chi connectivity index (χ4v) is 3.89. The zero-order chi connectivity index (χ0) is 15.6. The van der Waals surface area contributed by atoms with E-state index in [2.05, 4.69) is 4.72 Å². The molecule has 2 rings (SSSR count). The van der Waals surface area contributed by atoms with Crippen molar-refractivity contribution in [2.45, 2.75) is 43.7 Å². The Morgan fingerprint density at radius 3 is 2.76 bits per heavy atom. The Labute approximate surface area is 125 Å². The van der Waals surface area contributed by atoms with E-state index in [1.165, 1.54) is 13.2 Å². The third kappa shape index (κ3) is 3.48. The van der Waals surface area contributed by atoms with Gasteiger partial charge < -0.3 is 15.2 Å². The fourth-order valence-electron chi connectivity index (χ4n) is 2.43. The zero-order valence-corrected chi connectivity index (χ0v) is 13.4. The average molecular weight is 314 g/mol. The second kappa shape index (κ2) is 6.21. The molecule has 21 heavy (non-hydrogen) atoms. The van der Waals surface area contributed by atoms with E-state index in [-0.39, 0.29) is 22.8 Å². The van der Waals surface area contributed by atoms with Crippen LogP contribution in [-0.4, -0.2) is 34.3 Å². The number of nitrogen functional groups attached to an aromatic ring is 1. The number of aryl methyl sites for hydroxylation is 1. The summed E-state index contributed by atoms with van der Waals surface area (Å²) in [7, 11) is -2.28. The third-order valence-corrected chi connectivity index (χ3v) is 5.29. The minimum Gasteiger partial charge on any atom is -0.495 e. The highest BCUT2D eigenvalue weighted by molar-refractivity contribution is 7.89. The average Bonchev–Trinajstić information content (AvgIpc) is 2.94. The summed E-state index contributed by atoms with van der Waals surface area (Å²) in [6.07, 6.45) is 1.72. The first kappa shape index (κ1) is 16.1. The maximum Gasteiger partial charge on any atom is 0.244 e. The molecule has 0 aliphatic carbocycles. The lowest BCUT2D eigenvalue weighted by atomic mass is 10.1. The Balaban J connectivity index is 2.28. The lowest BCUT2D eigenvalue weighted by molar-refractivity contribution is 0.0902. The Morgan fingerprint density at radius 2 is 2.19 bits per heavy atom. The number of hydrogen-bond donors (Lipinski definition) is 2. The van der Waals surface area contributed by atoms with Gasteiger partial charge in [-0.15, -0.1) is 0 Å². The number of sulfonamides is 1. The van der Waals surface area contributed by atoms with Gasteiger partial charge in [0.1, 0.15) is 10.6 Å². The van der Waals surface area contributed by atoms with Gasteiger partial charge in [0.15, 0.2) is 0 Å². The number of ether oxygens (including phenoxy) is 2. The lowest BCUT2D eigenvalue weighted by Gasteiger charge is -2.21. The molecule has 1 heterocycles. The minimum atomic E-state index is -3.71. The Morgan fingerprint density at radius 1 is 1.48 bits per heavy atom. The molecule has 0 saturated carbocycles. The van der Waals surface area contributed by atoms with E-state index in [0.717, 1.165) is 18.4 Å². The summed E-state index contributed by atoms with van der Waals surface area (Å²) in [6, 6.07) is 2.75. The van der Waals surface area contributed by atoms with Crippen LogP contribution in [0.3, 0.4) is 0 Å². The number of nitrogens with two attached hydrogens (primary N) is 1. The predicted molar refractivity (Wildman–Crippen MR) is 80.9 cm³/mol. The molecule has 1 aromatic rings. The van der Waals surface area contributed by atoms with E-state index in [9.17, 15) is 8.42 Å². The first-order valence-electron chi connectivity index (χ1n) is 6.93. The standard InChI is InChI=1S/C14H22N2O4S/c1-9-7-13(19-3)14(8-11(9)15)21(17,18)16-10(2)12-5-4-6-20-12/h7-8,10,12,16H,4-6,15H2,1-3H3. The normalized spacial score (nSPS) is 20.4. The number of rotatable bonds is 5. The third-order valence-electron chi connectivity index (χ3n) is 3.71. The van der Waals surface area contributed by atoms with Gasteiger partial charge in [0.2, 0.25) is 10.0 Å². The quantitative estimate of drug-likeness (QED) is 0.802. The number of nitrogens with one attached hydrogen (secondary N) is 1. The van der Waals surface area contributed by atoms with Gasteiger partial charge in [-0.25, -0.2) is 13.1 Å². The van der Waals surface area contributed by atoms with E-state index in [1.54, 1.807) is 19.9 Å². The second-order valence-electron chi connectivity index (χ2n) is 5.32. The molecule has 6 nitrogen and oxygen atoms in total. The van der Waals surface area contributed by atoms with Crippen molar-refractivity contribution in [1.82, 2.24) is 4.72 Å². The maximum atomic E-state index is 12.5. The van der Waals surface area contributed by atoms with Crippen LogP contribution in [0.5, 0.6) is 5.75 Å². The largest absolute Gasteiger partial charge is 0.495 e. The first-order chi connectivity index (χ1) is 9.85. The molecular weight excluding hydrogens is 292 g/mol. The molecule has 1 aliphatic heterocycles. The maximum absolute atomic E-state index is 12.5. The fraction of sp³-hybridized carbons (Fsp3) is 0.571. The van der Waals surface area contributed by atoms with Gasteiger partial charge in [-0.3, -0.25) is 0 Å². The van der Waals surface area contributed by atoms with Crippen LogP contribution in [0.15, 0.2) is 17.0 Å². The molecule has 3 N–H and O–H groups in total. The van der Waals surface area contributed by atoms with Crippen molar-refractivity contribution in [2.24, 2.45) is 0 Å². The van der Waals surface area contributed by atoms with E-state index < -0.39 is 10.0 Å². The van der Waals surface area contributed by atoms with Crippen LogP contribution in [0.1, 0.15) is 25.3 Å². The first-order valence-corrected chi connectivity index (χ1v) is 8.41. The van der Waals surface area contributed by atoms with Gasteiger partial charge in [0, 0.05) is 18.3 Å². The molecule has 0 bridgehead atoms. The van der Waals surface area contributed by atoms with Crippen molar-refractivity contribution in [1.29, 1.82) is 0 Å². The molecule has 0 amide bonds. The number of methoxy groups -OCH3 is 1. The summed E-state index contributed by atoms with van der Waals surface area (Å²) in [5.41, 5.74) is 7.01. The summed E-state index contributed by atoms with van der Waals surface area (Å²) in [5.74, 6) is 0.286. The van der Waals surface area contributed by atoms with Gasteiger partial charge in [-0.2, -0.15) is 0 Å². The van der Waals surface area contributed by atoms with Crippen LogP contribution in [0.2, 0.25) is 0 Å². The van der Waals surface area contributed by atoms with Crippen molar-refractivity contribution in [3.8, 4) is 5.75 Å². The molecule has 1 aromatic carbocycles. The van der Waals surface area contributed by atoms with E-state index in [4.69, 9.17) is 15.2 Å². The highest BCUT2D eigenvalue weighted by Crippen LogP contribution is 2.29. The molecule has 0 radical (unpaired) electrons. The van der Waals surface area contributed by atoms with E-state index in [0.29, 0.717) is 12.3 Å². The SMILES string of the molecule is COc1cc(C)c(N)cc1S(=O)(=O)NC(C)C1CCCO1. The molecule has 0 aromatic heterocycles. The molecule has 1 fully saturated rings. The second-order valence-corrected chi connectivity index (χ2v) is 7.00. The molecule has 0 spiro atoms. The number of benzene rings is 1. The predicted octanol–water partition coefficient (Wildman–Crippen LogP) is 1.43. The molecule has 1 saturated heterocycles. The topological polar surface area (TPSA) is 90.7 Å². The van der Waals surface area contributed by atoms with Crippen LogP contribution in [0, 0.1) is 6.92 Å². The Hall–Kier alpha value is -1.31. The van der Waals surface area contributed by atoms with Gasteiger partial charge in [-0.1, -0.05) is 0 Å². The summed E-state index contributed by atoms with van der Waals surface area (Å²) >= 11 is 0. The smallest absolute Gasteiger partial charge is 0.244 e. The van der Waals surface area contributed by atoms with Crippen LogP contribution in [0.25, 0.3) is 0 Å². The molecule has 118 valence electrons. The van der Waals surface area contributed by atoms with Gasteiger partial charge in [0.25, 0.3) is 0 Å². The van der Waals surface area contributed by atoms with E-state index >= 15 is 0 Å². The summed E-state index contributed by atoms with van der Waals surface area (Å²) in [6.45, 7) is 4.28. The molecule has 1 aliphatic rings. The van der Waals surface area contributed by atoms with Crippen molar-refractivity contribution in [3.05, 3.63) is 17.7 Å². The molecule has 7 heteroatoms. The summed E-state index contributed by atoms with van der Waals surface area (Å²) < 4.78 is 38.4. The van der Waals surface area contributed by atoms with Crippen molar-refractivity contribution in [2.75, 3.05) is 19.5 Å². The number of hydrogen-bond acceptors (Lipinski definition) is 5. The highest BCUT2D eigenvalue weighted by Gasteiger charge is 2.29. The molecule has 2 unspecified atom stereocenters. The van der Waals surface area contributed by atoms with Crippen molar-refractivity contribution in [3.63, 3.8) is 0 Å². The molecule has 2 atom stereocenters. The van der Waals surface area contributed by atoms with Crippen molar-refractivity contribution < 1.29 is 17.9 Å².